The van der Waals surface area contributed by atoms with E-state index in [1.165, 1.54) is 5.57 Å². The molecule has 4 N–H and O–H groups in total. The Labute approximate surface area is 217 Å². The number of ether oxygens (including phenoxy) is 1. The number of aromatic amines is 1. The van der Waals surface area contributed by atoms with Crippen molar-refractivity contribution >= 4 is 16.3 Å². The predicted molar refractivity (Wildman–Crippen MR) is 141 cm³/mol. The van der Waals surface area contributed by atoms with Gasteiger partial charge >= 0.3 is 0 Å². The van der Waals surface area contributed by atoms with Crippen molar-refractivity contribution in [2.75, 3.05) is 14.1 Å². The number of nitrogens with zero attached hydrogens (tertiary/aromatic N) is 1. The van der Waals surface area contributed by atoms with Gasteiger partial charge in [0.05, 0.1) is 23.4 Å². The summed E-state index contributed by atoms with van der Waals surface area (Å²) in [6, 6.07) is 7.81. The quantitative estimate of drug-likeness (QED) is 0.499. The van der Waals surface area contributed by atoms with Gasteiger partial charge < -0.3 is 29.9 Å². The minimum absolute atomic E-state index is 0.104. The lowest BCUT2D eigenvalue weighted by atomic mass is 9.51. The Balaban J connectivity index is 1.27. The van der Waals surface area contributed by atoms with Crippen molar-refractivity contribution in [3.8, 4) is 0 Å². The number of nitrogens with one attached hydrogen (secondary N) is 1. The number of pyridine rings is 1. The molecule has 3 heterocycles. The monoisotopic (exact) mass is 506 g/mol. The van der Waals surface area contributed by atoms with E-state index in [0.29, 0.717) is 19.3 Å². The average Bonchev–Trinajstić information content (AvgIpc) is 3.39. The van der Waals surface area contributed by atoms with Gasteiger partial charge in [0.25, 0.3) is 0 Å². The molecule has 7 rings (SSSR count). The molecule has 1 aromatic carbocycles. The minimum atomic E-state index is -1.02. The fourth-order valence-electron chi connectivity index (χ4n) is 9.39. The average molecular weight is 507 g/mol. The first-order valence-electron chi connectivity index (χ1n) is 13.8. The number of H-pyrrole nitrogens is 1. The highest BCUT2D eigenvalue weighted by atomic mass is 16.6. The number of aliphatic hydroxyl groups excluding tert-OH is 2. The number of hydrogen-bond acceptors (Lipinski definition) is 6. The van der Waals surface area contributed by atoms with Gasteiger partial charge in [-0.3, -0.25) is 4.79 Å². The van der Waals surface area contributed by atoms with E-state index in [1.807, 2.05) is 19.0 Å². The molecule has 5 aliphatic rings. The van der Waals surface area contributed by atoms with E-state index in [4.69, 9.17) is 4.74 Å². The summed E-state index contributed by atoms with van der Waals surface area (Å²) in [5.41, 5.74) is -0.0520. The van der Waals surface area contributed by atoms with Crippen LogP contribution >= 0.6 is 0 Å². The molecular weight excluding hydrogens is 468 g/mol. The zero-order chi connectivity index (χ0) is 26.0. The molecule has 1 aromatic heterocycles. The third-order valence-electron chi connectivity index (χ3n) is 11.3. The third-order valence-corrected chi connectivity index (χ3v) is 11.3. The first-order chi connectivity index (χ1) is 17.5. The third kappa shape index (κ3) is 2.98. The Kier molecular flexibility index (Phi) is 4.90. The highest BCUT2D eigenvalue weighted by molar-refractivity contribution is 5.87. The van der Waals surface area contributed by atoms with E-state index in [0.717, 1.165) is 42.0 Å². The Morgan fingerprint density at radius 1 is 1.03 bits per heavy atom. The topological polar surface area (TPSA) is 106 Å². The normalized spacial score (nSPS) is 46.5. The second-order valence-electron chi connectivity index (χ2n) is 13.1. The predicted octanol–water partition coefficient (Wildman–Crippen LogP) is 2.83. The zero-order valence-electron chi connectivity index (χ0n) is 21.9. The van der Waals surface area contributed by atoms with Gasteiger partial charge in [-0.25, -0.2) is 0 Å². The second kappa shape index (κ2) is 7.54. The van der Waals surface area contributed by atoms with Gasteiger partial charge in [0.2, 0.25) is 5.56 Å². The number of allylic oxidation sites excluding steroid dienone is 2. The van der Waals surface area contributed by atoms with Crippen LogP contribution in [0.5, 0.6) is 0 Å². The lowest BCUT2D eigenvalue weighted by molar-refractivity contribution is -0.331. The van der Waals surface area contributed by atoms with Gasteiger partial charge in [-0.05, 0) is 92.4 Å². The fourth-order valence-corrected chi connectivity index (χ4v) is 9.39. The number of fused-ring (bicyclic) bond motifs is 2. The van der Waals surface area contributed by atoms with E-state index >= 15 is 0 Å². The van der Waals surface area contributed by atoms with Crippen molar-refractivity contribution in [3.05, 3.63) is 52.5 Å². The summed E-state index contributed by atoms with van der Waals surface area (Å²) in [6.07, 6.45) is 7.34. The molecule has 9 atom stereocenters. The molecule has 2 saturated heterocycles. The van der Waals surface area contributed by atoms with Crippen LogP contribution in [0, 0.1) is 17.3 Å². The summed E-state index contributed by atoms with van der Waals surface area (Å²) >= 11 is 0. The largest absolute Gasteiger partial charge is 0.390 e. The maximum Gasteiger partial charge on any atom is 0.248 e. The number of benzene rings is 1. The van der Waals surface area contributed by atoms with Crippen LogP contribution in [0.1, 0.15) is 57.4 Å². The van der Waals surface area contributed by atoms with Crippen molar-refractivity contribution < 1.29 is 20.1 Å². The van der Waals surface area contributed by atoms with Crippen LogP contribution in [0.2, 0.25) is 0 Å². The molecule has 2 spiro atoms. The van der Waals surface area contributed by atoms with Crippen molar-refractivity contribution in [2.24, 2.45) is 17.3 Å². The van der Waals surface area contributed by atoms with Crippen molar-refractivity contribution in [2.45, 2.75) is 86.9 Å². The number of aliphatic hydroxyl groups is 3. The summed E-state index contributed by atoms with van der Waals surface area (Å²) in [4.78, 5) is 16.7. The maximum atomic E-state index is 12.3. The molecule has 7 nitrogen and oxygen atoms in total. The van der Waals surface area contributed by atoms with Gasteiger partial charge in [0, 0.05) is 30.1 Å². The molecule has 2 aliphatic heterocycles. The van der Waals surface area contributed by atoms with Crippen molar-refractivity contribution in [1.29, 1.82) is 0 Å². The van der Waals surface area contributed by atoms with Crippen LogP contribution in [0.3, 0.4) is 0 Å². The first-order valence-corrected chi connectivity index (χ1v) is 13.8. The Morgan fingerprint density at radius 2 is 1.84 bits per heavy atom. The number of likely N-dealkylation sites (N-methyl/N-ethyl adjacent to an activating group) is 1. The molecule has 3 unspecified atom stereocenters. The molecule has 4 fully saturated rings. The zero-order valence-corrected chi connectivity index (χ0v) is 21.9. The molecule has 198 valence electrons. The van der Waals surface area contributed by atoms with E-state index in [2.05, 4.69) is 36.2 Å². The van der Waals surface area contributed by atoms with Gasteiger partial charge in [-0.15, -0.1) is 0 Å². The fraction of sp³-hybridized carbons (Fsp3) is 0.633. The molecular formula is C30H38N2O5. The Hall–Kier alpha value is -2.03. The van der Waals surface area contributed by atoms with Gasteiger partial charge in [-0.1, -0.05) is 25.1 Å². The van der Waals surface area contributed by atoms with Crippen LogP contribution in [0.25, 0.3) is 16.3 Å². The summed E-state index contributed by atoms with van der Waals surface area (Å²) < 4.78 is 7.21. The van der Waals surface area contributed by atoms with E-state index in [9.17, 15) is 20.1 Å². The van der Waals surface area contributed by atoms with E-state index < -0.39 is 29.0 Å². The van der Waals surface area contributed by atoms with Crippen molar-refractivity contribution in [3.63, 3.8) is 0 Å². The minimum Gasteiger partial charge on any atom is -0.390 e. The molecule has 7 heteroatoms. The van der Waals surface area contributed by atoms with Gasteiger partial charge in [0.15, 0.2) is 0 Å². The Morgan fingerprint density at radius 3 is 2.62 bits per heavy atom. The molecule has 0 radical (unpaired) electrons. The van der Waals surface area contributed by atoms with Crippen LogP contribution in [-0.2, 0) is 4.74 Å². The Bertz CT molecular complexity index is 1370. The smallest absolute Gasteiger partial charge is 0.248 e. The van der Waals surface area contributed by atoms with Crippen LogP contribution in [0.15, 0.2) is 41.3 Å². The van der Waals surface area contributed by atoms with E-state index in [-0.39, 0.29) is 28.9 Å². The van der Waals surface area contributed by atoms with Gasteiger partial charge in [0.1, 0.15) is 5.60 Å². The maximum absolute atomic E-state index is 12.3. The van der Waals surface area contributed by atoms with Gasteiger partial charge in [-0.2, -0.15) is 0 Å². The standard InChI is InChI=1S/C30H38N2O5/c1-27-8-10-29(36)14-21-25(34)26(35)22(32(2)3)15-28(21)9-11-30(29,37-28)23(27)7-6-20(27)17-4-5-18-16-31-24(33)13-19(18)12-17/h4-6,12-13,16,21-23,25-26,34-36H,7-11,14-15H2,1-3H3,(H,31,33)/t21?,22-,23?,25+,26+,27+,28+,29?,30-/m0/s1. The molecule has 3 aliphatic carbocycles. The van der Waals surface area contributed by atoms with E-state index in [1.54, 1.807) is 12.3 Å². The van der Waals surface area contributed by atoms with Crippen molar-refractivity contribution in [1.82, 2.24) is 9.88 Å². The summed E-state index contributed by atoms with van der Waals surface area (Å²) in [5.74, 6) is -0.137. The highest BCUT2D eigenvalue weighted by Crippen LogP contribution is 2.71. The summed E-state index contributed by atoms with van der Waals surface area (Å²) in [5, 5.41) is 36.4. The molecule has 2 saturated carbocycles. The second-order valence-corrected chi connectivity index (χ2v) is 13.1. The van der Waals surface area contributed by atoms with Crippen LogP contribution < -0.4 is 5.56 Å². The molecule has 37 heavy (non-hydrogen) atoms. The van der Waals surface area contributed by atoms with Crippen LogP contribution in [0.4, 0.5) is 0 Å². The number of aromatic nitrogens is 1. The summed E-state index contributed by atoms with van der Waals surface area (Å²) in [7, 11) is 3.90. The summed E-state index contributed by atoms with van der Waals surface area (Å²) in [6.45, 7) is 2.33. The molecule has 0 amide bonds. The lowest BCUT2D eigenvalue weighted by Crippen LogP contribution is -2.73. The molecule has 2 bridgehead atoms. The number of rotatable bonds is 2. The first kappa shape index (κ1) is 24.0. The SMILES string of the molecule is CN(C)[C@H]1C[C@@]23CC[C@]4(O2)C2CC=C(c5ccc6c[nH]c(=O)cc6c5)[C@@]2(C)CCC4(O)CC3[C@@H](O)[C@@H]1O. The molecule has 2 aromatic rings. The lowest BCUT2D eigenvalue weighted by Gasteiger charge is -2.65. The number of hydrogen-bond donors (Lipinski definition) is 4. The highest BCUT2D eigenvalue weighted by Gasteiger charge is 2.76. The van der Waals surface area contributed by atoms with Crippen LogP contribution in [-0.4, -0.2) is 74.4 Å².